The van der Waals surface area contributed by atoms with Crippen LogP contribution >= 0.6 is 34.8 Å². The predicted octanol–water partition coefficient (Wildman–Crippen LogP) is 5.29. The van der Waals surface area contributed by atoms with Crippen molar-refractivity contribution in [3.8, 4) is 5.75 Å². The van der Waals surface area contributed by atoms with Crippen LogP contribution in [0.4, 0.5) is 5.69 Å². The first-order valence-electron chi connectivity index (χ1n) is 12.3. The quantitative estimate of drug-likeness (QED) is 0.372. The summed E-state index contributed by atoms with van der Waals surface area (Å²) in [6.45, 7) is 1.12. The van der Waals surface area contributed by atoms with Crippen LogP contribution in [0.25, 0.3) is 0 Å². The van der Waals surface area contributed by atoms with Gasteiger partial charge in [0.25, 0.3) is 0 Å². The van der Waals surface area contributed by atoms with Gasteiger partial charge in [-0.1, -0.05) is 66.2 Å². The van der Waals surface area contributed by atoms with Crippen LogP contribution in [0.2, 0.25) is 15.1 Å². The largest absolute Gasteiger partial charge is 0.497 e. The van der Waals surface area contributed by atoms with Crippen LogP contribution in [0.15, 0.2) is 36.4 Å². The van der Waals surface area contributed by atoms with Crippen LogP contribution in [-0.2, 0) is 26.2 Å². The molecular weight excluding hydrogens is 573 g/mol. The highest BCUT2D eigenvalue weighted by Crippen LogP contribution is 2.35. The molecule has 0 aromatic heterocycles. The van der Waals surface area contributed by atoms with Crippen molar-refractivity contribution in [2.45, 2.75) is 57.7 Å². The number of sulfonamides is 1. The summed E-state index contributed by atoms with van der Waals surface area (Å²) in [7, 11) is -2.41. The molecule has 12 heteroatoms. The number of nitrogens with one attached hydrogen (secondary N) is 1. The zero-order valence-electron chi connectivity index (χ0n) is 21.5. The van der Waals surface area contributed by atoms with Crippen LogP contribution in [0, 0.1) is 0 Å². The lowest BCUT2D eigenvalue weighted by Crippen LogP contribution is -2.53. The van der Waals surface area contributed by atoms with Crippen molar-refractivity contribution in [3.05, 3.63) is 57.0 Å². The Labute approximate surface area is 239 Å². The lowest BCUT2D eigenvalue weighted by molar-refractivity contribution is -0.139. The Balaban J connectivity index is 1.91. The monoisotopic (exact) mass is 603 g/mol. The van der Waals surface area contributed by atoms with Crippen LogP contribution in [0.3, 0.4) is 0 Å². The normalized spacial score (nSPS) is 15.0. The van der Waals surface area contributed by atoms with Crippen molar-refractivity contribution in [3.63, 3.8) is 0 Å². The molecule has 2 aromatic carbocycles. The molecule has 2 aromatic rings. The van der Waals surface area contributed by atoms with E-state index in [-0.39, 0.29) is 39.2 Å². The third kappa shape index (κ3) is 7.91. The zero-order valence-corrected chi connectivity index (χ0v) is 24.6. The third-order valence-electron chi connectivity index (χ3n) is 6.57. The maximum Gasteiger partial charge on any atom is 0.244 e. The van der Waals surface area contributed by atoms with Crippen LogP contribution in [0.5, 0.6) is 5.75 Å². The first-order chi connectivity index (χ1) is 17.9. The number of nitrogens with zero attached hydrogens (tertiary/aromatic N) is 2. The predicted molar refractivity (Wildman–Crippen MR) is 152 cm³/mol. The molecule has 0 heterocycles. The van der Waals surface area contributed by atoms with E-state index >= 15 is 0 Å². The Morgan fingerprint density at radius 2 is 1.63 bits per heavy atom. The smallest absolute Gasteiger partial charge is 0.244 e. The molecular formula is C26H32Cl3N3O5S. The Kier molecular flexibility index (Phi) is 10.6. The highest BCUT2D eigenvalue weighted by Gasteiger charge is 2.32. The van der Waals surface area contributed by atoms with Gasteiger partial charge in [0.05, 0.1) is 34.1 Å². The van der Waals surface area contributed by atoms with E-state index in [4.69, 9.17) is 39.5 Å². The first kappa shape index (κ1) is 30.3. The molecule has 1 saturated carbocycles. The fraction of sp³-hybridized carbons (Fsp3) is 0.462. The number of hydrogen-bond acceptors (Lipinski definition) is 5. The van der Waals surface area contributed by atoms with Gasteiger partial charge in [-0.2, -0.15) is 0 Å². The fourth-order valence-corrected chi connectivity index (χ4v) is 5.92. The Morgan fingerprint density at radius 3 is 2.21 bits per heavy atom. The Hall–Kier alpha value is -2.20. The van der Waals surface area contributed by atoms with E-state index in [0.29, 0.717) is 5.75 Å². The number of amides is 2. The van der Waals surface area contributed by atoms with Crippen molar-refractivity contribution in [1.82, 2.24) is 10.2 Å². The molecule has 208 valence electrons. The van der Waals surface area contributed by atoms with Gasteiger partial charge in [-0.25, -0.2) is 8.42 Å². The molecule has 0 bridgehead atoms. The average Bonchev–Trinajstić information content (AvgIpc) is 2.88. The third-order valence-corrected chi connectivity index (χ3v) is 8.72. The number of carbonyl (C=O) groups is 2. The number of hydrogen-bond donors (Lipinski definition) is 1. The van der Waals surface area contributed by atoms with Crippen molar-refractivity contribution < 1.29 is 22.7 Å². The second kappa shape index (κ2) is 13.2. The molecule has 0 saturated heterocycles. The standard InChI is InChI=1S/C26H32Cl3N3O5S/c1-17(26(34)30-19-7-5-4-6-8-19)31(15-18-9-11-20(37-2)12-10-18)25(33)16-32(38(3,35)36)24-14-22(28)21(27)13-23(24)29/h9-14,17,19H,4-8,15-16H2,1-3H3,(H,30,34)/t17-/m0/s1. The highest BCUT2D eigenvalue weighted by molar-refractivity contribution is 7.92. The molecule has 0 radical (unpaired) electrons. The molecule has 38 heavy (non-hydrogen) atoms. The number of halogens is 3. The molecule has 3 rings (SSSR count). The van der Waals surface area contributed by atoms with Gasteiger partial charge in [-0.15, -0.1) is 0 Å². The van der Waals surface area contributed by atoms with E-state index in [1.54, 1.807) is 38.3 Å². The Morgan fingerprint density at radius 1 is 1.03 bits per heavy atom. The number of ether oxygens (including phenoxy) is 1. The van der Waals surface area contributed by atoms with Gasteiger partial charge < -0.3 is 15.0 Å². The SMILES string of the molecule is COc1ccc(CN(C(=O)CN(c2cc(Cl)c(Cl)cc2Cl)S(C)(=O)=O)[C@@H](C)C(=O)NC2CCCCC2)cc1. The minimum absolute atomic E-state index is 0.0145. The van der Waals surface area contributed by atoms with Gasteiger partial charge in [-0.3, -0.25) is 13.9 Å². The summed E-state index contributed by atoms with van der Waals surface area (Å²) in [5.41, 5.74) is 0.760. The molecule has 8 nitrogen and oxygen atoms in total. The summed E-state index contributed by atoms with van der Waals surface area (Å²) < 4.78 is 31.6. The van der Waals surface area contributed by atoms with E-state index in [1.807, 2.05) is 0 Å². The van der Waals surface area contributed by atoms with Gasteiger partial charge >= 0.3 is 0 Å². The number of methoxy groups -OCH3 is 1. The van der Waals surface area contributed by atoms with Crippen molar-refractivity contribution >= 4 is 62.3 Å². The van der Waals surface area contributed by atoms with E-state index in [1.165, 1.54) is 17.0 Å². The molecule has 0 unspecified atom stereocenters. The average molecular weight is 605 g/mol. The van der Waals surface area contributed by atoms with Crippen molar-refractivity contribution in [1.29, 1.82) is 0 Å². The van der Waals surface area contributed by atoms with Gasteiger partial charge in [0.15, 0.2) is 0 Å². The zero-order chi connectivity index (χ0) is 28.0. The summed E-state index contributed by atoms with van der Waals surface area (Å²) in [4.78, 5) is 28.3. The van der Waals surface area contributed by atoms with Crippen LogP contribution < -0.4 is 14.4 Å². The lowest BCUT2D eigenvalue weighted by atomic mass is 9.95. The minimum Gasteiger partial charge on any atom is -0.497 e. The number of rotatable bonds is 10. The van der Waals surface area contributed by atoms with Gasteiger partial charge in [0.2, 0.25) is 21.8 Å². The highest BCUT2D eigenvalue weighted by atomic mass is 35.5. The van der Waals surface area contributed by atoms with E-state index in [0.717, 1.165) is 48.2 Å². The van der Waals surface area contributed by atoms with E-state index in [9.17, 15) is 18.0 Å². The fourth-order valence-electron chi connectivity index (χ4n) is 4.38. The van der Waals surface area contributed by atoms with Crippen LogP contribution in [0.1, 0.15) is 44.6 Å². The van der Waals surface area contributed by atoms with E-state index < -0.39 is 28.5 Å². The molecule has 0 aliphatic heterocycles. The summed E-state index contributed by atoms with van der Waals surface area (Å²) >= 11 is 18.4. The van der Waals surface area contributed by atoms with Gasteiger partial charge in [0.1, 0.15) is 18.3 Å². The lowest BCUT2D eigenvalue weighted by Gasteiger charge is -2.33. The molecule has 2 amide bonds. The van der Waals surface area contributed by atoms with Crippen molar-refractivity contribution in [2.24, 2.45) is 0 Å². The molecule has 1 aliphatic rings. The molecule has 1 aliphatic carbocycles. The van der Waals surface area contributed by atoms with Gasteiger partial charge in [-0.05, 0) is 49.6 Å². The summed E-state index contributed by atoms with van der Waals surface area (Å²) in [6, 6.07) is 8.89. The van der Waals surface area contributed by atoms with E-state index in [2.05, 4.69) is 5.32 Å². The molecule has 1 fully saturated rings. The number of benzene rings is 2. The maximum atomic E-state index is 13.7. The summed E-state index contributed by atoms with van der Waals surface area (Å²) in [5.74, 6) is -0.232. The van der Waals surface area contributed by atoms with Crippen molar-refractivity contribution in [2.75, 3.05) is 24.2 Å². The topological polar surface area (TPSA) is 96.0 Å². The van der Waals surface area contributed by atoms with Crippen LogP contribution in [-0.4, -0.2) is 57.1 Å². The maximum absolute atomic E-state index is 13.7. The summed E-state index contributed by atoms with van der Waals surface area (Å²) in [6.07, 6.45) is 5.98. The second-order valence-electron chi connectivity index (χ2n) is 9.38. The second-order valence-corrected chi connectivity index (χ2v) is 12.5. The number of anilines is 1. The first-order valence-corrected chi connectivity index (χ1v) is 15.2. The van der Waals surface area contributed by atoms with Gasteiger partial charge in [0, 0.05) is 12.6 Å². The summed E-state index contributed by atoms with van der Waals surface area (Å²) in [5, 5.41) is 3.31. The molecule has 1 atom stereocenters. The minimum atomic E-state index is -3.97. The molecule has 0 spiro atoms. The number of carbonyl (C=O) groups excluding carboxylic acids is 2. The molecule has 1 N–H and O–H groups in total. The Bertz CT molecular complexity index is 1250.